The number of hydrogen-bond acceptors (Lipinski definition) is 1. The zero-order valence-corrected chi connectivity index (χ0v) is 6.12. The van der Waals surface area contributed by atoms with Crippen molar-refractivity contribution in [3.05, 3.63) is 30.6 Å². The maximum absolute atomic E-state index is 8.25. The molecule has 1 rings (SSSR count). The highest BCUT2D eigenvalue weighted by Crippen LogP contribution is 1.74. The van der Waals surface area contributed by atoms with Crippen molar-refractivity contribution in [3.63, 3.8) is 0 Å². The van der Waals surface area contributed by atoms with E-state index < -0.39 is 0 Å². The highest BCUT2D eigenvalue weighted by Gasteiger charge is 1.90. The van der Waals surface area contributed by atoms with Gasteiger partial charge in [0.2, 0.25) is 6.54 Å². The average molecular weight is 155 g/mol. The molecule has 0 aromatic carbocycles. The summed E-state index contributed by atoms with van der Waals surface area (Å²) < 4.78 is 1.82. The lowest BCUT2D eigenvalue weighted by atomic mass is 10.5. The van der Waals surface area contributed by atoms with Crippen LogP contribution in [-0.2, 0) is 6.54 Å². The van der Waals surface area contributed by atoms with E-state index in [1.807, 2.05) is 41.2 Å². The fourth-order valence-electron chi connectivity index (χ4n) is 0.621. The molecule has 1 aromatic rings. The molecular formula is C7H7ClN2. The Labute approximate surface area is 66.1 Å². The van der Waals surface area contributed by atoms with Crippen molar-refractivity contribution in [1.82, 2.24) is 0 Å². The Morgan fingerprint density at radius 2 is 1.80 bits per heavy atom. The molecule has 1 heterocycles. The quantitative estimate of drug-likeness (QED) is 0.411. The highest BCUT2D eigenvalue weighted by molar-refractivity contribution is 4.84. The molecule has 0 aliphatic carbocycles. The fourth-order valence-corrected chi connectivity index (χ4v) is 0.621. The minimum atomic E-state index is 0. The Morgan fingerprint density at radius 3 is 2.30 bits per heavy atom. The van der Waals surface area contributed by atoms with Gasteiger partial charge in [-0.05, 0) is 0 Å². The van der Waals surface area contributed by atoms with E-state index in [0.29, 0.717) is 6.54 Å². The minimum absolute atomic E-state index is 0. The SMILES string of the molecule is N#CC[n+]1ccccc1.[Cl-]. The van der Waals surface area contributed by atoms with E-state index in [1.165, 1.54) is 0 Å². The summed E-state index contributed by atoms with van der Waals surface area (Å²) in [5.74, 6) is 0. The van der Waals surface area contributed by atoms with E-state index in [9.17, 15) is 0 Å². The van der Waals surface area contributed by atoms with Crippen molar-refractivity contribution in [2.45, 2.75) is 6.54 Å². The summed E-state index contributed by atoms with van der Waals surface area (Å²) in [5, 5.41) is 8.25. The van der Waals surface area contributed by atoms with Crippen molar-refractivity contribution in [2.24, 2.45) is 0 Å². The van der Waals surface area contributed by atoms with Crippen LogP contribution >= 0.6 is 0 Å². The second-order valence-corrected chi connectivity index (χ2v) is 1.71. The minimum Gasteiger partial charge on any atom is -1.00 e. The number of pyridine rings is 1. The second kappa shape index (κ2) is 4.78. The molecule has 0 amide bonds. The Kier molecular flexibility index (Phi) is 4.26. The van der Waals surface area contributed by atoms with Gasteiger partial charge in [-0.25, -0.2) is 0 Å². The topological polar surface area (TPSA) is 27.7 Å². The Balaban J connectivity index is 0.000000810. The first-order valence-corrected chi connectivity index (χ1v) is 2.74. The van der Waals surface area contributed by atoms with Gasteiger partial charge in [-0.3, -0.25) is 0 Å². The summed E-state index contributed by atoms with van der Waals surface area (Å²) in [4.78, 5) is 0. The molecule has 0 bridgehead atoms. The van der Waals surface area contributed by atoms with Crippen LogP contribution in [0.5, 0.6) is 0 Å². The smallest absolute Gasteiger partial charge is 0.233 e. The molecule has 10 heavy (non-hydrogen) atoms. The van der Waals surface area contributed by atoms with Gasteiger partial charge in [0.05, 0.1) is 0 Å². The van der Waals surface area contributed by atoms with E-state index in [-0.39, 0.29) is 12.4 Å². The number of rotatable bonds is 1. The molecule has 0 aliphatic heterocycles. The molecule has 0 N–H and O–H groups in total. The van der Waals surface area contributed by atoms with Crippen molar-refractivity contribution >= 4 is 0 Å². The summed E-state index contributed by atoms with van der Waals surface area (Å²) in [6.07, 6.45) is 3.73. The van der Waals surface area contributed by atoms with Crippen LogP contribution < -0.4 is 17.0 Å². The van der Waals surface area contributed by atoms with E-state index >= 15 is 0 Å². The van der Waals surface area contributed by atoms with E-state index in [4.69, 9.17) is 5.26 Å². The first-order chi connectivity index (χ1) is 4.43. The Bertz CT molecular complexity index is 215. The third-order valence-electron chi connectivity index (χ3n) is 1.03. The third kappa shape index (κ3) is 2.47. The summed E-state index contributed by atoms with van der Waals surface area (Å²) in [6, 6.07) is 7.77. The lowest BCUT2D eigenvalue weighted by Crippen LogP contribution is -3.00. The Hall–Kier alpha value is -1.07. The predicted molar refractivity (Wildman–Crippen MR) is 32.2 cm³/mol. The van der Waals surface area contributed by atoms with Gasteiger partial charge in [0.15, 0.2) is 12.4 Å². The van der Waals surface area contributed by atoms with Crippen LogP contribution in [0.25, 0.3) is 0 Å². The lowest BCUT2D eigenvalue weighted by Gasteiger charge is -1.83. The lowest BCUT2D eigenvalue weighted by molar-refractivity contribution is -0.685. The molecule has 0 radical (unpaired) electrons. The van der Waals surface area contributed by atoms with Gasteiger partial charge in [-0.2, -0.15) is 9.83 Å². The van der Waals surface area contributed by atoms with Crippen molar-refractivity contribution in [3.8, 4) is 6.07 Å². The summed E-state index contributed by atoms with van der Waals surface area (Å²) >= 11 is 0. The number of hydrogen-bond donors (Lipinski definition) is 0. The van der Waals surface area contributed by atoms with Gasteiger partial charge in [-0.1, -0.05) is 6.07 Å². The van der Waals surface area contributed by atoms with Crippen molar-refractivity contribution in [1.29, 1.82) is 5.26 Å². The highest BCUT2D eigenvalue weighted by atomic mass is 35.5. The summed E-state index contributed by atoms with van der Waals surface area (Å²) in [5.41, 5.74) is 0. The van der Waals surface area contributed by atoms with Crippen LogP contribution in [0.2, 0.25) is 0 Å². The zero-order chi connectivity index (χ0) is 6.53. The van der Waals surface area contributed by atoms with E-state index in [2.05, 4.69) is 0 Å². The molecule has 0 saturated carbocycles. The monoisotopic (exact) mass is 154 g/mol. The van der Waals surface area contributed by atoms with Crippen LogP contribution in [-0.4, -0.2) is 0 Å². The Morgan fingerprint density at radius 1 is 1.20 bits per heavy atom. The van der Waals surface area contributed by atoms with Crippen molar-refractivity contribution < 1.29 is 17.0 Å². The second-order valence-electron chi connectivity index (χ2n) is 1.71. The molecule has 1 aromatic heterocycles. The standard InChI is InChI=1S/C7H7N2.ClH/c8-4-7-9-5-2-1-3-6-9;/h1-3,5-6H,7H2;1H/q+1;/p-1. The molecule has 0 unspecified atom stereocenters. The molecule has 2 nitrogen and oxygen atoms in total. The molecule has 0 aliphatic rings. The zero-order valence-electron chi connectivity index (χ0n) is 5.37. The number of aromatic nitrogens is 1. The number of halogens is 1. The third-order valence-corrected chi connectivity index (χ3v) is 1.03. The number of nitrogens with zero attached hydrogens (tertiary/aromatic N) is 2. The van der Waals surface area contributed by atoms with Crippen LogP contribution in [0.4, 0.5) is 0 Å². The van der Waals surface area contributed by atoms with Crippen LogP contribution in [0, 0.1) is 11.3 Å². The van der Waals surface area contributed by atoms with Crippen molar-refractivity contribution in [2.75, 3.05) is 0 Å². The van der Waals surface area contributed by atoms with Gasteiger partial charge in [0, 0.05) is 12.1 Å². The average Bonchev–Trinajstić information content (AvgIpc) is 1.91. The first kappa shape index (κ1) is 8.93. The van der Waals surface area contributed by atoms with Gasteiger partial charge >= 0.3 is 0 Å². The predicted octanol–water partition coefficient (Wildman–Crippen LogP) is -2.50. The summed E-state index contributed by atoms with van der Waals surface area (Å²) in [6.45, 7) is 0.431. The molecule has 3 heteroatoms. The van der Waals surface area contributed by atoms with Crippen LogP contribution in [0.1, 0.15) is 0 Å². The fraction of sp³-hybridized carbons (Fsp3) is 0.143. The van der Waals surface area contributed by atoms with Gasteiger partial charge in [0.25, 0.3) is 0 Å². The van der Waals surface area contributed by atoms with Gasteiger partial charge < -0.3 is 12.4 Å². The maximum atomic E-state index is 8.25. The largest absolute Gasteiger partial charge is 1.00 e. The van der Waals surface area contributed by atoms with Crippen LogP contribution in [0.3, 0.4) is 0 Å². The van der Waals surface area contributed by atoms with Gasteiger partial charge in [-0.15, -0.1) is 0 Å². The molecule has 0 fully saturated rings. The van der Waals surface area contributed by atoms with E-state index in [1.54, 1.807) is 0 Å². The molecular weight excluding hydrogens is 148 g/mol. The van der Waals surface area contributed by atoms with E-state index in [0.717, 1.165) is 0 Å². The molecule has 0 atom stereocenters. The normalized spacial score (nSPS) is 7.50. The maximum Gasteiger partial charge on any atom is 0.233 e. The summed E-state index contributed by atoms with van der Waals surface area (Å²) in [7, 11) is 0. The van der Waals surface area contributed by atoms with Crippen LogP contribution in [0.15, 0.2) is 30.6 Å². The molecule has 0 spiro atoms. The number of nitriles is 1. The first-order valence-electron chi connectivity index (χ1n) is 2.74. The molecule has 0 saturated heterocycles. The van der Waals surface area contributed by atoms with Gasteiger partial charge in [0.1, 0.15) is 6.07 Å². The molecule has 52 valence electrons.